The van der Waals surface area contributed by atoms with Crippen LogP contribution in [-0.2, 0) is 6.54 Å². The van der Waals surface area contributed by atoms with Crippen LogP contribution in [0, 0.1) is 5.92 Å². The van der Waals surface area contributed by atoms with Gasteiger partial charge in [0.15, 0.2) is 11.5 Å². The molecule has 1 saturated heterocycles. The Balaban J connectivity index is 1.61. The highest BCUT2D eigenvalue weighted by Gasteiger charge is 2.27. The van der Waals surface area contributed by atoms with Crippen LogP contribution in [0.15, 0.2) is 18.2 Å². The zero-order valence-corrected chi connectivity index (χ0v) is 14.9. The van der Waals surface area contributed by atoms with Crippen LogP contribution in [0.2, 0.25) is 0 Å². The molecule has 0 radical (unpaired) electrons. The van der Waals surface area contributed by atoms with Crippen molar-refractivity contribution in [3.8, 4) is 11.5 Å². The van der Waals surface area contributed by atoms with Crippen LogP contribution in [-0.4, -0.2) is 66.9 Å². The molecule has 1 aromatic rings. The number of hydrogen-bond acceptors (Lipinski definition) is 5. The first kappa shape index (κ1) is 17.5. The van der Waals surface area contributed by atoms with Crippen LogP contribution < -0.4 is 9.47 Å². The molecule has 1 N–H and O–H groups in total. The third-order valence-corrected chi connectivity index (χ3v) is 4.76. The lowest BCUT2D eigenvalue weighted by atomic mass is 10.1. The Morgan fingerprint density at radius 3 is 2.71 bits per heavy atom. The van der Waals surface area contributed by atoms with Crippen LogP contribution in [0.4, 0.5) is 0 Å². The van der Waals surface area contributed by atoms with Gasteiger partial charge in [-0.05, 0) is 30.0 Å². The second-order valence-electron chi connectivity index (χ2n) is 7.27. The van der Waals surface area contributed by atoms with E-state index < -0.39 is 0 Å². The summed E-state index contributed by atoms with van der Waals surface area (Å²) in [4.78, 5) is 5.03. The van der Waals surface area contributed by atoms with Crippen molar-refractivity contribution >= 4 is 0 Å². The number of ether oxygens (including phenoxy) is 2. The molecular formula is C19H30N2O3. The zero-order chi connectivity index (χ0) is 16.9. The molecule has 5 nitrogen and oxygen atoms in total. The largest absolute Gasteiger partial charge is 0.486 e. The van der Waals surface area contributed by atoms with Crippen LogP contribution in [0.1, 0.15) is 25.8 Å². The number of hydrogen-bond donors (Lipinski definition) is 1. The van der Waals surface area contributed by atoms with Gasteiger partial charge in [-0.2, -0.15) is 0 Å². The van der Waals surface area contributed by atoms with Crippen molar-refractivity contribution in [2.45, 2.75) is 32.9 Å². The topological polar surface area (TPSA) is 45.2 Å². The van der Waals surface area contributed by atoms with Gasteiger partial charge in [-0.15, -0.1) is 0 Å². The van der Waals surface area contributed by atoms with Gasteiger partial charge < -0.3 is 14.6 Å². The van der Waals surface area contributed by atoms with Crippen molar-refractivity contribution in [3.05, 3.63) is 23.8 Å². The Bertz CT molecular complexity index is 535. The standard InChI is InChI=1S/C19H30N2O3/c1-15(2)12-21-7-6-20(14-17(21)5-8-22)13-16-3-4-18-19(11-16)24-10-9-23-18/h3-4,11,15,17,22H,5-10,12-14H2,1-2H3. The van der Waals surface area contributed by atoms with E-state index in [0.717, 1.165) is 50.6 Å². The molecule has 1 aromatic carbocycles. The summed E-state index contributed by atoms with van der Waals surface area (Å²) in [6.07, 6.45) is 0.852. The number of aliphatic hydroxyl groups excluding tert-OH is 1. The molecule has 0 spiro atoms. The smallest absolute Gasteiger partial charge is 0.161 e. The van der Waals surface area contributed by atoms with E-state index in [9.17, 15) is 5.11 Å². The monoisotopic (exact) mass is 334 g/mol. The summed E-state index contributed by atoms with van der Waals surface area (Å²) in [6, 6.07) is 6.71. The summed E-state index contributed by atoms with van der Waals surface area (Å²) >= 11 is 0. The van der Waals surface area contributed by atoms with Crippen LogP contribution >= 0.6 is 0 Å². The number of aliphatic hydroxyl groups is 1. The van der Waals surface area contributed by atoms with Crippen molar-refractivity contribution in [1.29, 1.82) is 0 Å². The Morgan fingerprint density at radius 2 is 1.96 bits per heavy atom. The van der Waals surface area contributed by atoms with E-state index in [-0.39, 0.29) is 6.61 Å². The molecule has 0 saturated carbocycles. The molecule has 24 heavy (non-hydrogen) atoms. The molecule has 2 heterocycles. The molecule has 0 bridgehead atoms. The first-order valence-electron chi connectivity index (χ1n) is 9.11. The highest BCUT2D eigenvalue weighted by atomic mass is 16.6. The highest BCUT2D eigenvalue weighted by molar-refractivity contribution is 5.43. The SMILES string of the molecule is CC(C)CN1CCN(Cc2ccc3c(c2)OCCO3)CC1CCO. The van der Waals surface area contributed by atoms with Gasteiger partial charge in [0.2, 0.25) is 0 Å². The molecule has 0 aromatic heterocycles. The van der Waals surface area contributed by atoms with Gasteiger partial charge in [0, 0.05) is 45.4 Å². The Hall–Kier alpha value is -1.30. The molecule has 1 fully saturated rings. The average molecular weight is 334 g/mol. The highest BCUT2D eigenvalue weighted by Crippen LogP contribution is 2.31. The average Bonchev–Trinajstić information content (AvgIpc) is 2.57. The molecule has 2 aliphatic heterocycles. The number of rotatable bonds is 6. The van der Waals surface area contributed by atoms with Crippen molar-refractivity contribution in [2.24, 2.45) is 5.92 Å². The number of benzene rings is 1. The number of nitrogens with zero attached hydrogens (tertiary/aromatic N) is 2. The molecular weight excluding hydrogens is 304 g/mol. The molecule has 1 atom stereocenters. The Morgan fingerprint density at radius 1 is 1.17 bits per heavy atom. The lowest BCUT2D eigenvalue weighted by Gasteiger charge is -2.42. The predicted octanol–water partition coefficient (Wildman–Crippen LogP) is 1.98. The molecule has 2 aliphatic rings. The summed E-state index contributed by atoms with van der Waals surface area (Å²) in [5.41, 5.74) is 1.26. The van der Waals surface area contributed by atoms with Crippen molar-refractivity contribution in [3.63, 3.8) is 0 Å². The van der Waals surface area contributed by atoms with Crippen LogP contribution in [0.3, 0.4) is 0 Å². The first-order chi connectivity index (χ1) is 11.7. The van der Waals surface area contributed by atoms with Crippen molar-refractivity contribution in [2.75, 3.05) is 46.0 Å². The van der Waals surface area contributed by atoms with E-state index in [1.54, 1.807) is 0 Å². The van der Waals surface area contributed by atoms with Crippen molar-refractivity contribution in [1.82, 2.24) is 9.80 Å². The Kier molecular flexibility index (Phi) is 5.98. The lowest BCUT2D eigenvalue weighted by molar-refractivity contribution is 0.0476. The number of fused-ring (bicyclic) bond motifs is 1. The predicted molar refractivity (Wildman–Crippen MR) is 94.6 cm³/mol. The Labute approximate surface area is 145 Å². The van der Waals surface area contributed by atoms with E-state index in [2.05, 4.69) is 35.8 Å². The fraction of sp³-hybridized carbons (Fsp3) is 0.684. The molecule has 1 unspecified atom stereocenters. The van der Waals surface area contributed by atoms with E-state index in [1.165, 1.54) is 5.56 Å². The second kappa shape index (κ2) is 8.19. The summed E-state index contributed by atoms with van der Waals surface area (Å²) in [6.45, 7) is 11.2. The molecule has 5 heteroatoms. The van der Waals surface area contributed by atoms with Gasteiger partial charge in [-0.3, -0.25) is 9.80 Å². The summed E-state index contributed by atoms with van der Waals surface area (Å²) in [5, 5.41) is 9.40. The minimum absolute atomic E-state index is 0.261. The maximum Gasteiger partial charge on any atom is 0.161 e. The normalized spacial score (nSPS) is 22.1. The van der Waals surface area contributed by atoms with Gasteiger partial charge in [0.1, 0.15) is 13.2 Å². The maximum atomic E-state index is 9.40. The quantitative estimate of drug-likeness (QED) is 0.862. The van der Waals surface area contributed by atoms with Crippen LogP contribution in [0.25, 0.3) is 0 Å². The van der Waals surface area contributed by atoms with E-state index in [1.807, 2.05) is 6.07 Å². The van der Waals surface area contributed by atoms with Gasteiger partial charge in [0.05, 0.1) is 0 Å². The molecule has 0 aliphatic carbocycles. The van der Waals surface area contributed by atoms with Gasteiger partial charge >= 0.3 is 0 Å². The minimum atomic E-state index is 0.261. The van der Waals surface area contributed by atoms with Crippen LogP contribution in [0.5, 0.6) is 11.5 Å². The van der Waals surface area contributed by atoms with E-state index in [4.69, 9.17) is 9.47 Å². The minimum Gasteiger partial charge on any atom is -0.486 e. The number of piperazine rings is 1. The van der Waals surface area contributed by atoms with Gasteiger partial charge in [0.25, 0.3) is 0 Å². The lowest BCUT2D eigenvalue weighted by Crippen LogP contribution is -2.53. The second-order valence-corrected chi connectivity index (χ2v) is 7.27. The fourth-order valence-electron chi connectivity index (χ4n) is 3.68. The van der Waals surface area contributed by atoms with E-state index in [0.29, 0.717) is 25.2 Å². The summed E-state index contributed by atoms with van der Waals surface area (Å²) < 4.78 is 11.3. The van der Waals surface area contributed by atoms with Crippen molar-refractivity contribution < 1.29 is 14.6 Å². The fourth-order valence-corrected chi connectivity index (χ4v) is 3.68. The first-order valence-corrected chi connectivity index (χ1v) is 9.11. The van der Waals surface area contributed by atoms with Gasteiger partial charge in [-0.1, -0.05) is 19.9 Å². The maximum absolute atomic E-state index is 9.40. The van der Waals surface area contributed by atoms with E-state index >= 15 is 0 Å². The third-order valence-electron chi connectivity index (χ3n) is 4.76. The van der Waals surface area contributed by atoms with Gasteiger partial charge in [-0.25, -0.2) is 0 Å². The zero-order valence-electron chi connectivity index (χ0n) is 14.9. The molecule has 3 rings (SSSR count). The third kappa shape index (κ3) is 4.41. The molecule has 0 amide bonds. The molecule has 134 valence electrons. The summed E-state index contributed by atoms with van der Waals surface area (Å²) in [5.74, 6) is 2.38. The summed E-state index contributed by atoms with van der Waals surface area (Å²) in [7, 11) is 0.